The fourth-order valence-corrected chi connectivity index (χ4v) is 3.85. The normalized spacial score (nSPS) is 18.2. The number of nitrogens with zero attached hydrogens (tertiary/aromatic N) is 2. The Morgan fingerprint density at radius 3 is 3.30 bits per heavy atom. The molecule has 2 aliphatic heterocycles. The van der Waals surface area contributed by atoms with Crippen LogP contribution in [0.15, 0.2) is 29.6 Å². The van der Waals surface area contributed by atoms with Gasteiger partial charge in [0.25, 0.3) is 0 Å². The van der Waals surface area contributed by atoms with Crippen molar-refractivity contribution >= 4 is 23.5 Å². The van der Waals surface area contributed by atoms with Crippen LogP contribution < -0.4 is 15.4 Å². The summed E-state index contributed by atoms with van der Waals surface area (Å²) in [5.41, 5.74) is 2.80. The summed E-state index contributed by atoms with van der Waals surface area (Å²) in [6, 6.07) is 5.52. The van der Waals surface area contributed by atoms with Crippen LogP contribution in [0.5, 0.6) is 5.75 Å². The Balaban J connectivity index is 1.34. The molecule has 0 fully saturated rings. The Kier molecular flexibility index (Phi) is 3.65. The third kappa shape index (κ3) is 3.01. The summed E-state index contributed by atoms with van der Waals surface area (Å²) in [6.07, 6.45) is 3.09. The van der Waals surface area contributed by atoms with Gasteiger partial charge in [-0.2, -0.15) is 0 Å². The smallest absolute Gasteiger partial charge is 0.319 e. The number of amides is 2. The topological polar surface area (TPSA) is 68.2 Å². The third-order valence-electron chi connectivity index (χ3n) is 3.94. The van der Waals surface area contributed by atoms with Gasteiger partial charge in [-0.3, -0.25) is 0 Å². The maximum absolute atomic E-state index is 12.0. The number of anilines is 1. The average Bonchev–Trinajstić information content (AvgIpc) is 3.17. The second kappa shape index (κ2) is 5.81. The zero-order chi connectivity index (χ0) is 15.8. The summed E-state index contributed by atoms with van der Waals surface area (Å²) in [5, 5.41) is 6.74. The molecule has 1 aromatic heterocycles. The summed E-state index contributed by atoms with van der Waals surface area (Å²) in [7, 11) is 0. The number of benzene rings is 1. The van der Waals surface area contributed by atoms with E-state index in [1.165, 1.54) is 0 Å². The first-order chi connectivity index (χ1) is 11.2. The van der Waals surface area contributed by atoms with Gasteiger partial charge in [0.2, 0.25) is 0 Å². The molecular weight excluding hydrogens is 312 g/mol. The molecule has 0 saturated heterocycles. The Bertz CT molecular complexity index is 737. The molecule has 2 N–H and O–H groups in total. The molecule has 120 valence electrons. The van der Waals surface area contributed by atoms with Crippen LogP contribution in [-0.4, -0.2) is 27.4 Å². The maximum atomic E-state index is 12.0. The van der Waals surface area contributed by atoms with Crippen LogP contribution in [0.3, 0.4) is 0 Å². The summed E-state index contributed by atoms with van der Waals surface area (Å²) in [5.74, 6) is 1.99. The van der Waals surface area contributed by atoms with Gasteiger partial charge in [0.05, 0.1) is 12.2 Å². The number of ether oxygens (including phenoxy) is 1. The highest BCUT2D eigenvalue weighted by Crippen LogP contribution is 2.31. The number of thioether (sulfide) groups is 1. The molecule has 2 aliphatic rings. The lowest BCUT2D eigenvalue weighted by atomic mass is 10.1. The number of imidazole rings is 1. The molecule has 1 atom stereocenters. The maximum Gasteiger partial charge on any atom is 0.319 e. The molecule has 0 radical (unpaired) electrons. The van der Waals surface area contributed by atoms with Crippen molar-refractivity contribution in [3.05, 3.63) is 35.7 Å². The number of nitrogens with one attached hydrogen (secondary N) is 2. The highest BCUT2D eigenvalue weighted by Gasteiger charge is 2.19. The van der Waals surface area contributed by atoms with Gasteiger partial charge in [-0.15, -0.1) is 0 Å². The lowest BCUT2D eigenvalue weighted by molar-refractivity contribution is 0.251. The monoisotopic (exact) mass is 330 g/mol. The predicted octanol–water partition coefficient (Wildman–Crippen LogP) is 2.63. The van der Waals surface area contributed by atoms with Gasteiger partial charge in [-0.25, -0.2) is 9.78 Å². The molecule has 2 aromatic rings. The summed E-state index contributed by atoms with van der Waals surface area (Å²) >= 11 is 1.75. The lowest BCUT2D eigenvalue weighted by Crippen LogP contribution is -2.28. The molecule has 0 spiro atoms. The van der Waals surface area contributed by atoms with Crippen molar-refractivity contribution in [1.29, 1.82) is 0 Å². The number of hydrogen-bond acceptors (Lipinski definition) is 4. The first kappa shape index (κ1) is 14.4. The average molecular weight is 330 g/mol. The standard InChI is InChI=1S/C16H18N4O2S/c1-10-6-11-7-12(2-3-14(11)22-10)18-15(21)17-8-13-9-20-4-5-23-16(20)19-13/h2-3,7,9-10H,4-6,8H2,1H3,(H2,17,18,21)/t10-/m1/s1. The van der Waals surface area contributed by atoms with Crippen molar-refractivity contribution in [2.45, 2.75) is 37.7 Å². The molecule has 1 aromatic carbocycles. The molecule has 2 amide bonds. The summed E-state index contributed by atoms with van der Waals surface area (Å²) in [4.78, 5) is 16.5. The van der Waals surface area contributed by atoms with Crippen molar-refractivity contribution in [2.24, 2.45) is 0 Å². The largest absolute Gasteiger partial charge is 0.490 e. The van der Waals surface area contributed by atoms with Crippen molar-refractivity contribution < 1.29 is 9.53 Å². The van der Waals surface area contributed by atoms with E-state index in [9.17, 15) is 4.79 Å². The number of hydrogen-bond donors (Lipinski definition) is 2. The third-order valence-corrected chi connectivity index (χ3v) is 4.91. The number of carbonyl (C=O) groups is 1. The number of aryl methyl sites for hydroxylation is 1. The molecule has 0 unspecified atom stereocenters. The highest BCUT2D eigenvalue weighted by molar-refractivity contribution is 7.99. The lowest BCUT2D eigenvalue weighted by Gasteiger charge is -2.08. The SMILES string of the molecule is C[C@@H]1Cc2cc(NC(=O)NCc3cn4c(n3)SCC4)ccc2O1. The van der Waals surface area contributed by atoms with E-state index in [4.69, 9.17) is 4.74 Å². The quantitative estimate of drug-likeness (QED) is 0.908. The van der Waals surface area contributed by atoms with E-state index < -0.39 is 0 Å². The zero-order valence-electron chi connectivity index (χ0n) is 12.8. The van der Waals surface area contributed by atoms with E-state index in [1.54, 1.807) is 11.8 Å². The van der Waals surface area contributed by atoms with Crippen LogP contribution >= 0.6 is 11.8 Å². The van der Waals surface area contributed by atoms with Crippen molar-refractivity contribution in [1.82, 2.24) is 14.9 Å². The van der Waals surface area contributed by atoms with E-state index in [0.29, 0.717) is 6.54 Å². The molecule has 23 heavy (non-hydrogen) atoms. The van der Waals surface area contributed by atoms with Gasteiger partial charge in [-0.1, -0.05) is 11.8 Å². The Labute approximate surface area is 138 Å². The Hall–Kier alpha value is -2.15. The molecular formula is C16H18N4O2S. The van der Waals surface area contributed by atoms with Gasteiger partial charge in [0, 0.05) is 30.6 Å². The highest BCUT2D eigenvalue weighted by atomic mass is 32.2. The molecule has 3 heterocycles. The van der Waals surface area contributed by atoms with Gasteiger partial charge in [0.1, 0.15) is 11.9 Å². The minimum absolute atomic E-state index is 0.204. The van der Waals surface area contributed by atoms with Crippen molar-refractivity contribution in [3.8, 4) is 5.75 Å². The number of urea groups is 1. The Morgan fingerprint density at radius 1 is 1.52 bits per heavy atom. The fraction of sp³-hybridized carbons (Fsp3) is 0.375. The minimum Gasteiger partial charge on any atom is -0.490 e. The van der Waals surface area contributed by atoms with Crippen LogP contribution in [-0.2, 0) is 19.5 Å². The molecule has 7 heteroatoms. The van der Waals surface area contributed by atoms with Crippen LogP contribution in [0.4, 0.5) is 10.5 Å². The van der Waals surface area contributed by atoms with Gasteiger partial charge >= 0.3 is 6.03 Å². The van der Waals surface area contributed by atoms with Gasteiger partial charge in [-0.05, 0) is 30.7 Å². The fourth-order valence-electron chi connectivity index (χ4n) is 2.89. The van der Waals surface area contributed by atoms with E-state index in [-0.39, 0.29) is 12.1 Å². The molecule has 0 aliphatic carbocycles. The number of rotatable bonds is 3. The van der Waals surface area contributed by atoms with Gasteiger partial charge in [0.15, 0.2) is 5.16 Å². The summed E-state index contributed by atoms with van der Waals surface area (Å²) in [6.45, 7) is 3.46. The molecule has 0 saturated carbocycles. The first-order valence-corrected chi connectivity index (χ1v) is 8.69. The molecule has 4 rings (SSSR count). The zero-order valence-corrected chi connectivity index (χ0v) is 13.7. The van der Waals surface area contributed by atoms with Crippen molar-refractivity contribution in [3.63, 3.8) is 0 Å². The molecule has 0 bridgehead atoms. The van der Waals surface area contributed by atoms with Crippen LogP contribution in [0.2, 0.25) is 0 Å². The van der Waals surface area contributed by atoms with Crippen LogP contribution in [0, 0.1) is 0 Å². The van der Waals surface area contributed by atoms with Crippen LogP contribution in [0.1, 0.15) is 18.2 Å². The number of fused-ring (bicyclic) bond motifs is 2. The van der Waals surface area contributed by atoms with E-state index in [0.717, 1.165) is 46.6 Å². The predicted molar refractivity (Wildman–Crippen MR) is 89.0 cm³/mol. The van der Waals surface area contributed by atoms with E-state index >= 15 is 0 Å². The van der Waals surface area contributed by atoms with E-state index in [1.807, 2.05) is 31.3 Å². The number of aromatic nitrogens is 2. The second-order valence-electron chi connectivity index (χ2n) is 5.82. The molecule has 6 nitrogen and oxygen atoms in total. The van der Waals surface area contributed by atoms with Crippen LogP contribution in [0.25, 0.3) is 0 Å². The van der Waals surface area contributed by atoms with E-state index in [2.05, 4.69) is 20.2 Å². The summed E-state index contributed by atoms with van der Waals surface area (Å²) < 4.78 is 7.79. The second-order valence-corrected chi connectivity index (χ2v) is 6.88. The van der Waals surface area contributed by atoms with Crippen molar-refractivity contribution in [2.75, 3.05) is 11.1 Å². The first-order valence-electron chi connectivity index (χ1n) is 7.70. The van der Waals surface area contributed by atoms with Gasteiger partial charge < -0.3 is 19.9 Å². The minimum atomic E-state index is -0.224. The Morgan fingerprint density at radius 2 is 2.43 bits per heavy atom. The number of carbonyl (C=O) groups excluding carboxylic acids is 1.